The molecule has 3 heterocycles. The molecule has 0 aromatic carbocycles. The van der Waals surface area contributed by atoms with E-state index >= 15 is 0 Å². The molecule has 3 aromatic heterocycles. The Morgan fingerprint density at radius 1 is 1.08 bits per heavy atom. The zero-order valence-electron chi connectivity index (χ0n) is 14.2. The minimum Gasteiger partial charge on any atom is -0.384 e. The van der Waals surface area contributed by atoms with E-state index in [1.165, 1.54) is 0 Å². The van der Waals surface area contributed by atoms with E-state index in [4.69, 9.17) is 10.3 Å². The third-order valence-corrected chi connectivity index (χ3v) is 4.47. The van der Waals surface area contributed by atoms with Crippen LogP contribution in [-0.4, -0.2) is 21.2 Å². The summed E-state index contributed by atoms with van der Waals surface area (Å²) in [7, 11) is 0. The fourth-order valence-electron chi connectivity index (χ4n) is 2.53. The van der Waals surface area contributed by atoms with Crippen molar-refractivity contribution in [2.75, 3.05) is 16.4 Å². The van der Waals surface area contributed by atoms with E-state index in [9.17, 15) is 4.79 Å². The number of amides is 2. The molecule has 132 valence electrons. The normalized spacial score (nSPS) is 14.7. The molecule has 1 aliphatic rings. The summed E-state index contributed by atoms with van der Waals surface area (Å²) in [5.74, 6) is 2.07. The monoisotopic (exact) mass is 350 g/mol. The van der Waals surface area contributed by atoms with Gasteiger partial charge >= 0.3 is 6.03 Å². The summed E-state index contributed by atoms with van der Waals surface area (Å²) < 4.78 is 5.29. The number of urea groups is 1. The largest absolute Gasteiger partial charge is 0.384 e. The molecule has 0 radical (unpaired) electrons. The first-order valence-electron chi connectivity index (χ1n) is 8.25. The number of hydrogen-bond acceptors (Lipinski definition) is 6. The molecule has 0 spiro atoms. The lowest BCUT2D eigenvalue weighted by atomic mass is 10.1. The van der Waals surface area contributed by atoms with Gasteiger partial charge < -0.3 is 10.3 Å². The molecule has 8 nitrogen and oxygen atoms in total. The van der Waals surface area contributed by atoms with Crippen LogP contribution in [0.2, 0.25) is 0 Å². The van der Waals surface area contributed by atoms with Crippen LogP contribution < -0.4 is 16.4 Å². The Morgan fingerprint density at radius 2 is 1.77 bits per heavy atom. The summed E-state index contributed by atoms with van der Waals surface area (Å²) in [5, 5.41) is 9.19. The second-order valence-electron chi connectivity index (χ2n) is 6.62. The van der Waals surface area contributed by atoms with Crippen LogP contribution in [0.25, 0.3) is 11.1 Å². The fourth-order valence-corrected chi connectivity index (χ4v) is 2.53. The molecule has 26 heavy (non-hydrogen) atoms. The summed E-state index contributed by atoms with van der Waals surface area (Å²) in [6, 6.07) is 8.48. The van der Waals surface area contributed by atoms with Gasteiger partial charge in [0.2, 0.25) is 0 Å². The van der Waals surface area contributed by atoms with E-state index in [2.05, 4.69) is 32.7 Å². The fraction of sp³-hybridized carbons (Fsp3) is 0.222. The van der Waals surface area contributed by atoms with Gasteiger partial charge in [-0.3, -0.25) is 10.6 Å². The number of nitrogens with two attached hydrogens (primary N) is 1. The molecule has 0 aliphatic heterocycles. The minimum atomic E-state index is -0.430. The molecule has 0 atom stereocenters. The van der Waals surface area contributed by atoms with Crippen LogP contribution in [0.3, 0.4) is 0 Å². The van der Waals surface area contributed by atoms with Crippen molar-refractivity contribution in [1.29, 1.82) is 0 Å². The van der Waals surface area contributed by atoms with E-state index in [0.29, 0.717) is 17.5 Å². The summed E-state index contributed by atoms with van der Waals surface area (Å²) in [6.07, 6.45) is 5.49. The predicted octanol–water partition coefficient (Wildman–Crippen LogP) is 3.41. The Balaban J connectivity index is 1.38. The smallest absolute Gasteiger partial charge is 0.326 e. The molecule has 0 bridgehead atoms. The molecular formula is C18H18N6O2. The number of hydrogen-bond donors (Lipinski definition) is 3. The molecule has 4 rings (SSSR count). The highest BCUT2D eigenvalue weighted by molar-refractivity contribution is 5.98. The van der Waals surface area contributed by atoms with Gasteiger partial charge in [0, 0.05) is 35.0 Å². The van der Waals surface area contributed by atoms with Gasteiger partial charge in [-0.1, -0.05) is 12.1 Å². The molecule has 1 saturated carbocycles. The topological polar surface area (TPSA) is 119 Å². The Hall–Kier alpha value is -3.42. The molecule has 0 unspecified atom stereocenters. The number of rotatable bonds is 4. The number of carbonyl (C=O) groups is 1. The van der Waals surface area contributed by atoms with Crippen LogP contribution in [0.4, 0.5) is 22.2 Å². The van der Waals surface area contributed by atoms with Gasteiger partial charge in [-0.25, -0.2) is 14.8 Å². The van der Waals surface area contributed by atoms with Gasteiger partial charge in [-0.2, -0.15) is 0 Å². The zero-order chi connectivity index (χ0) is 18.1. The SMILES string of the molecule is CC1(c2cc(NC(=O)Nc3ccc(-c4ccc(N)nc4)cn3)no2)CC1. The van der Waals surface area contributed by atoms with Crippen molar-refractivity contribution in [2.24, 2.45) is 0 Å². The number of nitrogen functional groups attached to an aromatic ring is 1. The second-order valence-corrected chi connectivity index (χ2v) is 6.62. The quantitative estimate of drug-likeness (QED) is 0.663. The van der Waals surface area contributed by atoms with Crippen molar-refractivity contribution in [3.05, 3.63) is 48.5 Å². The Labute approximate surface area is 149 Å². The lowest BCUT2D eigenvalue weighted by molar-refractivity contribution is 0.261. The number of nitrogens with one attached hydrogen (secondary N) is 2. The van der Waals surface area contributed by atoms with Crippen molar-refractivity contribution in [1.82, 2.24) is 15.1 Å². The first-order chi connectivity index (χ1) is 12.5. The van der Waals surface area contributed by atoms with Gasteiger partial charge in [0.05, 0.1) is 0 Å². The van der Waals surface area contributed by atoms with Gasteiger partial charge in [0.25, 0.3) is 0 Å². The first kappa shape index (κ1) is 16.1. The third-order valence-electron chi connectivity index (χ3n) is 4.47. The molecule has 3 aromatic rings. The zero-order valence-corrected chi connectivity index (χ0v) is 14.2. The van der Waals surface area contributed by atoms with E-state index < -0.39 is 6.03 Å². The van der Waals surface area contributed by atoms with Gasteiger partial charge in [-0.15, -0.1) is 0 Å². The molecule has 2 amide bonds. The number of carbonyl (C=O) groups excluding carboxylic acids is 1. The Kier molecular flexibility index (Phi) is 3.80. The Bertz CT molecular complexity index is 929. The van der Waals surface area contributed by atoms with Crippen LogP contribution in [0, 0.1) is 0 Å². The van der Waals surface area contributed by atoms with Gasteiger partial charge in [-0.05, 0) is 37.1 Å². The van der Waals surface area contributed by atoms with E-state index in [0.717, 1.165) is 29.7 Å². The maximum atomic E-state index is 12.1. The summed E-state index contributed by atoms with van der Waals surface area (Å²) >= 11 is 0. The van der Waals surface area contributed by atoms with Crippen LogP contribution in [0.5, 0.6) is 0 Å². The summed E-state index contributed by atoms with van der Waals surface area (Å²) in [6.45, 7) is 2.11. The summed E-state index contributed by atoms with van der Waals surface area (Å²) in [4.78, 5) is 20.4. The molecular weight excluding hydrogens is 332 g/mol. The molecule has 4 N–H and O–H groups in total. The second kappa shape index (κ2) is 6.14. The van der Waals surface area contributed by atoms with Crippen LogP contribution in [-0.2, 0) is 5.41 Å². The highest BCUT2D eigenvalue weighted by Crippen LogP contribution is 2.48. The average Bonchev–Trinajstić information content (AvgIpc) is 3.20. The van der Waals surface area contributed by atoms with Crippen molar-refractivity contribution in [3.63, 3.8) is 0 Å². The van der Waals surface area contributed by atoms with Crippen molar-refractivity contribution < 1.29 is 9.32 Å². The lowest BCUT2D eigenvalue weighted by Crippen LogP contribution is -2.20. The average molecular weight is 350 g/mol. The standard InChI is InChI=1S/C18H18N6O2/c1-18(6-7-18)13-8-16(24-26-13)23-17(25)22-15-5-3-12(10-21-15)11-2-4-14(19)20-9-11/h2-5,8-10H,6-7H2,1H3,(H2,19,20)(H2,21,22,23,24,25). The van der Waals surface area contributed by atoms with Crippen LogP contribution in [0.15, 0.2) is 47.2 Å². The van der Waals surface area contributed by atoms with E-state index in [1.807, 2.05) is 12.1 Å². The van der Waals surface area contributed by atoms with Gasteiger partial charge in [0.1, 0.15) is 17.4 Å². The lowest BCUT2D eigenvalue weighted by Gasteiger charge is -2.06. The maximum Gasteiger partial charge on any atom is 0.326 e. The van der Waals surface area contributed by atoms with Crippen molar-refractivity contribution in [3.8, 4) is 11.1 Å². The minimum absolute atomic E-state index is 0.0672. The highest BCUT2D eigenvalue weighted by Gasteiger charge is 2.42. The van der Waals surface area contributed by atoms with Crippen LogP contribution in [0.1, 0.15) is 25.5 Å². The predicted molar refractivity (Wildman–Crippen MR) is 97.6 cm³/mol. The molecule has 8 heteroatoms. The highest BCUT2D eigenvalue weighted by atomic mass is 16.5. The van der Waals surface area contributed by atoms with Crippen LogP contribution >= 0.6 is 0 Å². The molecule has 1 aliphatic carbocycles. The van der Waals surface area contributed by atoms with Crippen molar-refractivity contribution in [2.45, 2.75) is 25.2 Å². The maximum absolute atomic E-state index is 12.1. The van der Waals surface area contributed by atoms with Crippen molar-refractivity contribution >= 4 is 23.5 Å². The number of pyridine rings is 2. The van der Waals surface area contributed by atoms with E-state index in [1.54, 1.807) is 30.6 Å². The molecule has 0 saturated heterocycles. The number of aromatic nitrogens is 3. The first-order valence-corrected chi connectivity index (χ1v) is 8.25. The Morgan fingerprint density at radius 3 is 2.38 bits per heavy atom. The van der Waals surface area contributed by atoms with Gasteiger partial charge in [0.15, 0.2) is 5.82 Å². The molecule has 1 fully saturated rings. The third kappa shape index (κ3) is 3.34. The number of nitrogens with zero attached hydrogens (tertiary/aromatic N) is 3. The number of anilines is 3. The summed E-state index contributed by atoms with van der Waals surface area (Å²) in [5.41, 5.74) is 7.42. The van der Waals surface area contributed by atoms with E-state index in [-0.39, 0.29) is 5.41 Å².